The number of ether oxygens (including phenoxy) is 2. The van der Waals surface area contributed by atoms with E-state index in [1.807, 2.05) is 24.3 Å². The van der Waals surface area contributed by atoms with Crippen molar-refractivity contribution in [1.82, 2.24) is 0 Å². The van der Waals surface area contributed by atoms with Gasteiger partial charge in [-0.2, -0.15) is 0 Å². The van der Waals surface area contributed by atoms with Crippen LogP contribution in [0, 0.1) is 0 Å². The summed E-state index contributed by atoms with van der Waals surface area (Å²) in [5, 5.41) is 17.8. The molecule has 0 fully saturated rings. The second-order valence-electron chi connectivity index (χ2n) is 4.73. The molecule has 1 rings (SSSR count). The third-order valence-corrected chi connectivity index (χ3v) is 2.80. The van der Waals surface area contributed by atoms with Crippen molar-refractivity contribution in [2.24, 2.45) is 0 Å². The van der Waals surface area contributed by atoms with Crippen molar-refractivity contribution in [2.75, 3.05) is 13.7 Å². The van der Waals surface area contributed by atoms with Crippen molar-refractivity contribution in [3.8, 4) is 5.75 Å². The van der Waals surface area contributed by atoms with Gasteiger partial charge in [-0.1, -0.05) is 18.2 Å². The van der Waals surface area contributed by atoms with Crippen LogP contribution in [0.1, 0.15) is 18.9 Å². The highest BCUT2D eigenvalue weighted by atomic mass is 16.6. The van der Waals surface area contributed by atoms with Crippen LogP contribution in [0.3, 0.4) is 0 Å². The van der Waals surface area contributed by atoms with Crippen molar-refractivity contribution in [1.29, 1.82) is 0 Å². The van der Waals surface area contributed by atoms with Gasteiger partial charge in [0.2, 0.25) is 0 Å². The number of hydrogen-bond donors (Lipinski definition) is 2. The van der Waals surface area contributed by atoms with E-state index in [2.05, 4.69) is 6.58 Å². The molecule has 0 heterocycles. The predicted molar refractivity (Wildman–Crippen MR) is 77.1 cm³/mol. The number of hydrogen-bond acceptors (Lipinski definition) is 5. The first-order chi connectivity index (χ1) is 9.49. The average Bonchev–Trinajstić information content (AvgIpc) is 2.38. The van der Waals surface area contributed by atoms with Crippen LogP contribution in [0.15, 0.2) is 36.9 Å². The number of rotatable bonds is 9. The van der Waals surface area contributed by atoms with Crippen LogP contribution in [-0.4, -0.2) is 36.7 Å². The van der Waals surface area contributed by atoms with Gasteiger partial charge in [0.1, 0.15) is 5.75 Å². The van der Waals surface area contributed by atoms with Gasteiger partial charge in [-0.15, -0.1) is 6.58 Å². The minimum Gasteiger partial charge on any atom is -0.497 e. The van der Waals surface area contributed by atoms with Gasteiger partial charge in [0.25, 0.3) is 0 Å². The second-order valence-corrected chi connectivity index (χ2v) is 4.73. The van der Waals surface area contributed by atoms with Gasteiger partial charge >= 0.3 is 7.32 Å². The Kier molecular flexibility index (Phi) is 6.74. The molecule has 0 radical (unpaired) electrons. The van der Waals surface area contributed by atoms with Gasteiger partial charge < -0.3 is 24.2 Å². The molecule has 0 spiro atoms. The summed E-state index contributed by atoms with van der Waals surface area (Å²) < 4.78 is 15.7. The van der Waals surface area contributed by atoms with Crippen LogP contribution in [0.4, 0.5) is 0 Å². The summed E-state index contributed by atoms with van der Waals surface area (Å²) in [6.45, 7) is 5.99. The topological polar surface area (TPSA) is 68.2 Å². The molecule has 5 nitrogen and oxygen atoms in total. The summed E-state index contributed by atoms with van der Waals surface area (Å²) in [6.07, 6.45) is 2.10. The van der Waals surface area contributed by atoms with Gasteiger partial charge in [0, 0.05) is 0 Å². The van der Waals surface area contributed by atoms with Gasteiger partial charge in [-0.3, -0.25) is 0 Å². The Morgan fingerprint density at radius 1 is 1.30 bits per heavy atom. The Morgan fingerprint density at radius 2 is 1.95 bits per heavy atom. The highest BCUT2D eigenvalue weighted by Crippen LogP contribution is 2.18. The number of methoxy groups -OCH3 is 1. The Hall–Kier alpha value is -1.34. The Bertz CT molecular complexity index is 407. The maximum Gasteiger partial charge on any atom is 0.634 e. The van der Waals surface area contributed by atoms with Crippen LogP contribution in [0.2, 0.25) is 0 Å². The lowest BCUT2D eigenvalue weighted by Gasteiger charge is -2.28. The fourth-order valence-electron chi connectivity index (χ4n) is 1.81. The van der Waals surface area contributed by atoms with Gasteiger partial charge in [-0.05, 0) is 31.0 Å². The summed E-state index contributed by atoms with van der Waals surface area (Å²) in [7, 11) is -0.214. The van der Waals surface area contributed by atoms with Crippen molar-refractivity contribution in [2.45, 2.75) is 25.6 Å². The zero-order valence-electron chi connectivity index (χ0n) is 11.9. The first-order valence-corrected chi connectivity index (χ1v) is 6.34. The third kappa shape index (κ3) is 5.75. The predicted octanol–water partition coefficient (Wildman–Crippen LogP) is 1.53. The van der Waals surface area contributed by atoms with E-state index in [4.69, 9.17) is 24.2 Å². The van der Waals surface area contributed by atoms with Gasteiger partial charge in [0.05, 0.1) is 25.9 Å². The summed E-state index contributed by atoms with van der Waals surface area (Å²) in [5.74, 6) is 0.789. The van der Waals surface area contributed by atoms with Crippen LogP contribution >= 0.6 is 0 Å². The van der Waals surface area contributed by atoms with E-state index in [1.165, 1.54) is 0 Å². The normalized spacial score (nSPS) is 13.6. The summed E-state index contributed by atoms with van der Waals surface area (Å²) >= 11 is 0. The molecule has 1 aromatic carbocycles. The zero-order chi connectivity index (χ0) is 15.0. The van der Waals surface area contributed by atoms with E-state index in [-0.39, 0.29) is 6.61 Å². The van der Waals surface area contributed by atoms with E-state index >= 15 is 0 Å². The average molecular weight is 280 g/mol. The van der Waals surface area contributed by atoms with Crippen LogP contribution in [0.25, 0.3) is 0 Å². The fraction of sp³-hybridized carbons (Fsp3) is 0.429. The SMILES string of the molecule is C=CCC(C)(COCc1ccc(OC)cc1)OB(O)O. The molecule has 1 aromatic rings. The molecular formula is C14H21BO5. The monoisotopic (exact) mass is 280 g/mol. The van der Waals surface area contributed by atoms with Gasteiger partial charge in [0.15, 0.2) is 0 Å². The Morgan fingerprint density at radius 3 is 2.45 bits per heavy atom. The fourth-order valence-corrected chi connectivity index (χ4v) is 1.81. The lowest BCUT2D eigenvalue weighted by atomic mass is 10.0. The molecule has 20 heavy (non-hydrogen) atoms. The van der Waals surface area contributed by atoms with E-state index in [9.17, 15) is 0 Å². The maximum absolute atomic E-state index is 8.92. The first kappa shape index (κ1) is 16.7. The Balaban J connectivity index is 2.48. The Labute approximate surface area is 120 Å². The summed E-state index contributed by atoms with van der Waals surface area (Å²) in [6, 6.07) is 7.53. The van der Waals surface area contributed by atoms with E-state index in [1.54, 1.807) is 20.1 Å². The van der Waals surface area contributed by atoms with E-state index in [0.717, 1.165) is 11.3 Å². The van der Waals surface area contributed by atoms with Gasteiger partial charge in [-0.25, -0.2) is 0 Å². The molecule has 6 heteroatoms. The molecule has 0 aliphatic carbocycles. The minimum absolute atomic E-state index is 0.225. The maximum atomic E-state index is 8.92. The van der Waals surface area contributed by atoms with Crippen molar-refractivity contribution in [3.63, 3.8) is 0 Å². The smallest absolute Gasteiger partial charge is 0.497 e. The molecule has 0 bridgehead atoms. The van der Waals surface area contributed by atoms with E-state index < -0.39 is 12.9 Å². The summed E-state index contributed by atoms with van der Waals surface area (Å²) in [4.78, 5) is 0. The highest BCUT2D eigenvalue weighted by Gasteiger charge is 2.29. The molecule has 0 aliphatic heterocycles. The molecule has 0 aliphatic rings. The molecule has 110 valence electrons. The standard InChI is InChI=1S/C14H21BO5/c1-4-9-14(2,20-15(16)17)11-19-10-12-5-7-13(18-3)8-6-12/h4-8,16-17H,1,9-11H2,2-3H3. The van der Waals surface area contributed by atoms with Crippen molar-refractivity contribution in [3.05, 3.63) is 42.5 Å². The number of benzene rings is 1. The lowest BCUT2D eigenvalue weighted by molar-refractivity contribution is -0.0438. The third-order valence-electron chi connectivity index (χ3n) is 2.80. The van der Waals surface area contributed by atoms with Crippen LogP contribution < -0.4 is 4.74 Å². The zero-order valence-corrected chi connectivity index (χ0v) is 11.9. The largest absolute Gasteiger partial charge is 0.634 e. The van der Waals surface area contributed by atoms with Crippen LogP contribution in [0.5, 0.6) is 5.75 Å². The highest BCUT2D eigenvalue weighted by molar-refractivity contribution is 6.32. The molecule has 0 aromatic heterocycles. The minimum atomic E-state index is -1.83. The first-order valence-electron chi connectivity index (χ1n) is 6.34. The second kappa shape index (κ2) is 8.06. The van der Waals surface area contributed by atoms with E-state index in [0.29, 0.717) is 13.0 Å². The molecule has 2 N–H and O–H groups in total. The molecule has 1 atom stereocenters. The van der Waals surface area contributed by atoms with Crippen molar-refractivity contribution < 1.29 is 24.2 Å². The van der Waals surface area contributed by atoms with Crippen LogP contribution in [-0.2, 0) is 16.0 Å². The quantitative estimate of drug-likeness (QED) is 0.530. The van der Waals surface area contributed by atoms with Crippen molar-refractivity contribution >= 4 is 7.32 Å². The molecule has 0 saturated heterocycles. The molecule has 0 amide bonds. The summed E-state index contributed by atoms with van der Waals surface area (Å²) in [5.41, 5.74) is 0.179. The molecular weight excluding hydrogens is 259 g/mol. The molecule has 1 unspecified atom stereocenters. The molecule has 0 saturated carbocycles. The lowest BCUT2D eigenvalue weighted by Crippen LogP contribution is -2.40.